The van der Waals surface area contributed by atoms with Crippen LogP contribution < -0.4 is 19.9 Å². The van der Waals surface area contributed by atoms with E-state index in [1.54, 1.807) is 21.3 Å². The van der Waals surface area contributed by atoms with E-state index in [-0.39, 0.29) is 18.4 Å². The second-order valence-electron chi connectivity index (χ2n) is 4.84. The molecule has 1 rings (SSSR count). The zero-order chi connectivity index (χ0) is 15.1. The van der Waals surface area contributed by atoms with Crippen molar-refractivity contribution in [2.75, 3.05) is 34.5 Å². The van der Waals surface area contributed by atoms with Gasteiger partial charge in [-0.1, -0.05) is 13.0 Å². The lowest BCUT2D eigenvalue weighted by molar-refractivity contribution is 0.216. The molecule has 1 aromatic rings. The molecule has 0 radical (unpaired) electrons. The first-order chi connectivity index (χ1) is 9.62. The lowest BCUT2D eigenvalue weighted by atomic mass is 9.89. The Morgan fingerprint density at radius 1 is 1.10 bits per heavy atom. The first-order valence-corrected chi connectivity index (χ1v) is 6.72. The van der Waals surface area contributed by atoms with E-state index < -0.39 is 0 Å². The third kappa shape index (κ3) is 3.55. The Balaban J connectivity index is 3.11. The second-order valence-corrected chi connectivity index (χ2v) is 4.84. The van der Waals surface area contributed by atoms with Crippen LogP contribution in [0.2, 0.25) is 0 Å². The Labute approximate surface area is 120 Å². The normalized spacial score (nSPS) is 13.7. The second kappa shape index (κ2) is 7.97. The monoisotopic (exact) mass is 283 g/mol. The summed E-state index contributed by atoms with van der Waals surface area (Å²) in [5, 5.41) is 9.28. The van der Waals surface area contributed by atoms with Gasteiger partial charge >= 0.3 is 0 Å². The summed E-state index contributed by atoms with van der Waals surface area (Å²) in [6, 6.07) is 3.83. The van der Waals surface area contributed by atoms with Crippen LogP contribution in [0.15, 0.2) is 12.1 Å². The van der Waals surface area contributed by atoms with Gasteiger partial charge < -0.3 is 25.1 Å². The van der Waals surface area contributed by atoms with Gasteiger partial charge in [-0.05, 0) is 30.9 Å². The van der Waals surface area contributed by atoms with E-state index in [0.29, 0.717) is 23.8 Å². The zero-order valence-corrected chi connectivity index (χ0v) is 12.7. The molecule has 0 aliphatic heterocycles. The van der Waals surface area contributed by atoms with E-state index in [2.05, 4.69) is 6.92 Å². The molecule has 114 valence electrons. The van der Waals surface area contributed by atoms with E-state index in [1.807, 2.05) is 12.1 Å². The van der Waals surface area contributed by atoms with Crippen LogP contribution in [0.25, 0.3) is 0 Å². The number of methoxy groups -OCH3 is 3. The standard InChI is InChI=1S/C15H25NO4/c1-10(7-11(8-16)9-17)12-5-6-13(18-2)15(20-4)14(12)19-3/h5-6,10-11,17H,7-9,16H2,1-4H3. The summed E-state index contributed by atoms with van der Waals surface area (Å²) in [7, 11) is 4.79. The zero-order valence-electron chi connectivity index (χ0n) is 12.7. The number of aliphatic hydroxyl groups is 1. The van der Waals surface area contributed by atoms with E-state index in [0.717, 1.165) is 12.0 Å². The highest BCUT2D eigenvalue weighted by molar-refractivity contribution is 5.56. The third-order valence-electron chi connectivity index (χ3n) is 3.54. The maximum absolute atomic E-state index is 9.28. The number of rotatable bonds is 8. The van der Waals surface area contributed by atoms with Crippen molar-refractivity contribution in [3.05, 3.63) is 17.7 Å². The lowest BCUT2D eigenvalue weighted by Crippen LogP contribution is -2.20. The molecule has 0 spiro atoms. The Hall–Kier alpha value is -1.46. The molecule has 0 heterocycles. The first kappa shape index (κ1) is 16.6. The molecule has 0 aromatic heterocycles. The summed E-state index contributed by atoms with van der Waals surface area (Å²) in [6.45, 7) is 2.65. The average Bonchev–Trinajstić information content (AvgIpc) is 2.50. The van der Waals surface area contributed by atoms with Crippen LogP contribution in [0, 0.1) is 5.92 Å². The smallest absolute Gasteiger partial charge is 0.203 e. The maximum Gasteiger partial charge on any atom is 0.203 e. The SMILES string of the molecule is COc1ccc(C(C)CC(CN)CO)c(OC)c1OC. The van der Waals surface area contributed by atoms with Crippen LogP contribution in [0.5, 0.6) is 17.2 Å². The van der Waals surface area contributed by atoms with Crippen LogP contribution in [0.3, 0.4) is 0 Å². The van der Waals surface area contributed by atoms with E-state index in [1.165, 1.54) is 0 Å². The summed E-state index contributed by atoms with van der Waals surface area (Å²) in [5.41, 5.74) is 6.67. The Bertz CT molecular complexity index is 419. The van der Waals surface area contributed by atoms with E-state index in [9.17, 15) is 5.11 Å². The minimum absolute atomic E-state index is 0.0859. The minimum atomic E-state index is 0.0859. The van der Waals surface area contributed by atoms with Crippen molar-refractivity contribution in [2.24, 2.45) is 11.7 Å². The maximum atomic E-state index is 9.28. The van der Waals surface area contributed by atoms with Gasteiger partial charge in [0.05, 0.1) is 21.3 Å². The van der Waals surface area contributed by atoms with Crippen molar-refractivity contribution in [1.29, 1.82) is 0 Å². The topological polar surface area (TPSA) is 73.9 Å². The fourth-order valence-electron chi connectivity index (χ4n) is 2.38. The van der Waals surface area contributed by atoms with Crippen molar-refractivity contribution in [3.8, 4) is 17.2 Å². The molecule has 3 N–H and O–H groups in total. The molecule has 0 saturated carbocycles. The summed E-state index contributed by atoms with van der Waals surface area (Å²) in [4.78, 5) is 0. The van der Waals surface area contributed by atoms with Gasteiger partial charge in [0.1, 0.15) is 0 Å². The molecular weight excluding hydrogens is 258 g/mol. The average molecular weight is 283 g/mol. The molecule has 0 amide bonds. The minimum Gasteiger partial charge on any atom is -0.493 e. The largest absolute Gasteiger partial charge is 0.493 e. The number of benzene rings is 1. The third-order valence-corrected chi connectivity index (χ3v) is 3.54. The molecule has 20 heavy (non-hydrogen) atoms. The van der Waals surface area contributed by atoms with Gasteiger partial charge in [0.25, 0.3) is 0 Å². The molecular formula is C15H25NO4. The molecule has 0 aliphatic carbocycles. The Morgan fingerprint density at radius 3 is 2.20 bits per heavy atom. The Morgan fingerprint density at radius 2 is 1.75 bits per heavy atom. The van der Waals surface area contributed by atoms with Crippen LogP contribution in [0.4, 0.5) is 0 Å². The molecule has 0 saturated heterocycles. The van der Waals surface area contributed by atoms with Gasteiger partial charge in [0, 0.05) is 12.2 Å². The quantitative estimate of drug-likeness (QED) is 0.760. The summed E-state index contributed by atoms with van der Waals surface area (Å²) in [5.74, 6) is 2.19. The molecule has 0 fully saturated rings. The van der Waals surface area contributed by atoms with Crippen molar-refractivity contribution in [3.63, 3.8) is 0 Å². The van der Waals surface area contributed by atoms with E-state index >= 15 is 0 Å². The van der Waals surface area contributed by atoms with Crippen LogP contribution in [-0.4, -0.2) is 39.6 Å². The van der Waals surface area contributed by atoms with Gasteiger partial charge in [-0.25, -0.2) is 0 Å². The van der Waals surface area contributed by atoms with Gasteiger partial charge in [0.2, 0.25) is 5.75 Å². The highest BCUT2D eigenvalue weighted by Gasteiger charge is 2.21. The number of hydrogen-bond donors (Lipinski definition) is 2. The number of ether oxygens (including phenoxy) is 3. The highest BCUT2D eigenvalue weighted by atomic mass is 16.5. The van der Waals surface area contributed by atoms with Gasteiger partial charge in [0.15, 0.2) is 11.5 Å². The summed E-state index contributed by atoms with van der Waals surface area (Å²) < 4.78 is 16.1. The number of aliphatic hydroxyl groups excluding tert-OH is 1. The molecule has 0 bridgehead atoms. The Kier molecular flexibility index (Phi) is 6.61. The highest BCUT2D eigenvalue weighted by Crippen LogP contribution is 2.43. The summed E-state index contributed by atoms with van der Waals surface area (Å²) >= 11 is 0. The fraction of sp³-hybridized carbons (Fsp3) is 0.600. The predicted octanol–water partition coefficient (Wildman–Crippen LogP) is 1.77. The number of nitrogens with two attached hydrogens (primary N) is 1. The molecule has 5 nitrogen and oxygen atoms in total. The van der Waals surface area contributed by atoms with Crippen molar-refractivity contribution < 1.29 is 19.3 Å². The van der Waals surface area contributed by atoms with Gasteiger partial charge in [-0.15, -0.1) is 0 Å². The molecule has 5 heteroatoms. The van der Waals surface area contributed by atoms with Crippen molar-refractivity contribution in [2.45, 2.75) is 19.3 Å². The lowest BCUT2D eigenvalue weighted by Gasteiger charge is -2.22. The van der Waals surface area contributed by atoms with Gasteiger partial charge in [-0.3, -0.25) is 0 Å². The van der Waals surface area contributed by atoms with Crippen molar-refractivity contribution >= 4 is 0 Å². The van der Waals surface area contributed by atoms with Crippen molar-refractivity contribution in [1.82, 2.24) is 0 Å². The predicted molar refractivity (Wildman–Crippen MR) is 78.8 cm³/mol. The molecule has 1 aromatic carbocycles. The molecule has 2 unspecified atom stereocenters. The van der Waals surface area contributed by atoms with Crippen LogP contribution >= 0.6 is 0 Å². The summed E-state index contributed by atoms with van der Waals surface area (Å²) in [6.07, 6.45) is 0.791. The van der Waals surface area contributed by atoms with Crippen LogP contribution in [-0.2, 0) is 0 Å². The molecule has 2 atom stereocenters. The van der Waals surface area contributed by atoms with Crippen LogP contribution in [0.1, 0.15) is 24.8 Å². The fourth-order valence-corrected chi connectivity index (χ4v) is 2.38. The first-order valence-electron chi connectivity index (χ1n) is 6.72. The van der Waals surface area contributed by atoms with E-state index in [4.69, 9.17) is 19.9 Å². The van der Waals surface area contributed by atoms with Gasteiger partial charge in [-0.2, -0.15) is 0 Å². The number of hydrogen-bond acceptors (Lipinski definition) is 5. The molecule has 0 aliphatic rings.